The minimum absolute atomic E-state index is 0.102. The fourth-order valence-corrected chi connectivity index (χ4v) is 5.53. The summed E-state index contributed by atoms with van der Waals surface area (Å²) in [6.45, 7) is 1.99. The standard InChI is InChI=1S/C21H22ClN3O3S2/c1-30(27,28)17-5-3-16(4-6-17)23-20(26)13-25-10-8-14(9-11-25)21-24-18-12-15(22)2-7-19(18)29-21/h2-7,12,14H,8-11,13H2,1H3,(H,23,26). The highest BCUT2D eigenvalue weighted by atomic mass is 35.5. The molecule has 0 unspecified atom stereocenters. The highest BCUT2D eigenvalue weighted by Gasteiger charge is 2.24. The number of nitrogens with one attached hydrogen (secondary N) is 1. The fraction of sp³-hybridized carbons (Fsp3) is 0.333. The first-order valence-electron chi connectivity index (χ1n) is 9.66. The molecule has 1 aromatic heterocycles. The van der Waals surface area contributed by atoms with Gasteiger partial charge >= 0.3 is 0 Å². The highest BCUT2D eigenvalue weighted by Crippen LogP contribution is 2.34. The van der Waals surface area contributed by atoms with Gasteiger partial charge in [0.15, 0.2) is 9.84 Å². The van der Waals surface area contributed by atoms with Crippen LogP contribution in [0.5, 0.6) is 0 Å². The lowest BCUT2D eigenvalue weighted by atomic mass is 9.97. The van der Waals surface area contributed by atoms with Gasteiger partial charge in [-0.1, -0.05) is 11.6 Å². The smallest absolute Gasteiger partial charge is 0.238 e. The minimum Gasteiger partial charge on any atom is -0.325 e. The topological polar surface area (TPSA) is 79.4 Å². The van der Waals surface area contributed by atoms with Crippen LogP contribution < -0.4 is 5.32 Å². The van der Waals surface area contributed by atoms with Crippen LogP contribution in [0.3, 0.4) is 0 Å². The molecule has 0 radical (unpaired) electrons. The second kappa shape index (κ2) is 8.63. The van der Waals surface area contributed by atoms with Gasteiger partial charge in [-0.15, -0.1) is 11.3 Å². The van der Waals surface area contributed by atoms with Crippen molar-refractivity contribution >= 4 is 54.6 Å². The van der Waals surface area contributed by atoms with E-state index in [2.05, 4.69) is 10.2 Å². The Bertz CT molecular complexity index is 1170. The lowest BCUT2D eigenvalue weighted by Crippen LogP contribution is -2.38. The van der Waals surface area contributed by atoms with E-state index in [0.717, 1.165) is 47.4 Å². The van der Waals surface area contributed by atoms with Gasteiger partial charge in [0.05, 0.1) is 26.7 Å². The summed E-state index contributed by atoms with van der Waals surface area (Å²) in [4.78, 5) is 19.5. The van der Waals surface area contributed by atoms with Gasteiger partial charge in [-0.05, 0) is 68.4 Å². The van der Waals surface area contributed by atoms with E-state index in [-0.39, 0.29) is 10.8 Å². The molecule has 0 atom stereocenters. The second-order valence-corrected chi connectivity index (χ2v) is 11.1. The van der Waals surface area contributed by atoms with Crippen molar-refractivity contribution in [2.75, 3.05) is 31.2 Å². The number of piperidine rings is 1. The van der Waals surface area contributed by atoms with Gasteiger partial charge in [0.2, 0.25) is 5.91 Å². The van der Waals surface area contributed by atoms with Crippen molar-refractivity contribution in [3.63, 3.8) is 0 Å². The van der Waals surface area contributed by atoms with E-state index in [0.29, 0.717) is 23.2 Å². The summed E-state index contributed by atoms with van der Waals surface area (Å²) >= 11 is 7.78. The first-order valence-corrected chi connectivity index (χ1v) is 12.7. The Hall–Kier alpha value is -2.00. The van der Waals surface area contributed by atoms with Gasteiger partial charge in [-0.2, -0.15) is 0 Å². The van der Waals surface area contributed by atoms with Gasteiger partial charge in [0.1, 0.15) is 0 Å². The van der Waals surface area contributed by atoms with Crippen LogP contribution in [0.15, 0.2) is 47.4 Å². The van der Waals surface area contributed by atoms with Gasteiger partial charge < -0.3 is 5.32 Å². The number of hydrogen-bond acceptors (Lipinski definition) is 6. The monoisotopic (exact) mass is 463 g/mol. The SMILES string of the molecule is CS(=O)(=O)c1ccc(NC(=O)CN2CCC(c3nc4cc(Cl)ccc4s3)CC2)cc1. The van der Waals surface area contributed by atoms with Crippen molar-refractivity contribution in [2.24, 2.45) is 0 Å². The zero-order valence-electron chi connectivity index (χ0n) is 16.5. The summed E-state index contributed by atoms with van der Waals surface area (Å²) in [6.07, 6.45) is 3.08. The van der Waals surface area contributed by atoms with E-state index in [1.165, 1.54) is 12.1 Å². The number of likely N-dealkylation sites (tertiary alicyclic amines) is 1. The van der Waals surface area contributed by atoms with Crippen molar-refractivity contribution in [1.29, 1.82) is 0 Å². The molecule has 2 heterocycles. The number of benzene rings is 2. The average molecular weight is 464 g/mol. The van der Waals surface area contributed by atoms with Crippen molar-refractivity contribution in [3.05, 3.63) is 52.5 Å². The number of hydrogen-bond donors (Lipinski definition) is 1. The maximum atomic E-state index is 12.4. The van der Waals surface area contributed by atoms with E-state index < -0.39 is 9.84 Å². The number of nitrogens with zero attached hydrogens (tertiary/aromatic N) is 2. The third-order valence-electron chi connectivity index (χ3n) is 5.24. The molecule has 1 saturated heterocycles. The molecule has 1 aliphatic rings. The molecule has 30 heavy (non-hydrogen) atoms. The number of sulfone groups is 1. The summed E-state index contributed by atoms with van der Waals surface area (Å²) < 4.78 is 24.2. The summed E-state index contributed by atoms with van der Waals surface area (Å²) in [5, 5.41) is 4.68. The summed E-state index contributed by atoms with van der Waals surface area (Å²) in [5.74, 6) is 0.305. The zero-order valence-corrected chi connectivity index (χ0v) is 18.9. The first-order chi connectivity index (χ1) is 14.3. The normalized spacial score (nSPS) is 16.1. The molecular weight excluding hydrogens is 442 g/mol. The molecule has 4 rings (SSSR count). The average Bonchev–Trinajstić information content (AvgIpc) is 3.11. The van der Waals surface area contributed by atoms with Gasteiger partial charge in [0.25, 0.3) is 0 Å². The quantitative estimate of drug-likeness (QED) is 0.614. The summed E-state index contributed by atoms with van der Waals surface area (Å²) in [6, 6.07) is 12.0. The predicted molar refractivity (Wildman–Crippen MR) is 121 cm³/mol. The van der Waals surface area contributed by atoms with Crippen LogP contribution in [0.4, 0.5) is 5.69 Å². The number of amides is 1. The van der Waals surface area contributed by atoms with E-state index in [1.54, 1.807) is 23.5 Å². The van der Waals surface area contributed by atoms with Crippen LogP contribution in [0.25, 0.3) is 10.2 Å². The molecule has 1 fully saturated rings. The molecule has 1 aliphatic heterocycles. The third kappa shape index (κ3) is 5.00. The number of carbonyl (C=O) groups excluding carboxylic acids is 1. The maximum Gasteiger partial charge on any atom is 0.238 e. The zero-order chi connectivity index (χ0) is 21.3. The Kier molecular flexibility index (Phi) is 6.11. The molecule has 158 valence electrons. The molecule has 0 spiro atoms. The molecule has 0 bridgehead atoms. The van der Waals surface area contributed by atoms with Crippen LogP contribution >= 0.6 is 22.9 Å². The van der Waals surface area contributed by atoms with Crippen molar-refractivity contribution in [3.8, 4) is 0 Å². The highest BCUT2D eigenvalue weighted by molar-refractivity contribution is 7.90. The molecule has 0 aliphatic carbocycles. The van der Waals surface area contributed by atoms with Crippen molar-refractivity contribution < 1.29 is 13.2 Å². The molecule has 2 aromatic carbocycles. The maximum absolute atomic E-state index is 12.4. The molecule has 9 heteroatoms. The molecule has 1 N–H and O–H groups in total. The Morgan fingerprint density at radius 3 is 2.57 bits per heavy atom. The summed E-state index contributed by atoms with van der Waals surface area (Å²) in [5.41, 5.74) is 1.54. The van der Waals surface area contributed by atoms with Crippen LogP contribution in [0.2, 0.25) is 5.02 Å². The van der Waals surface area contributed by atoms with E-state index in [1.807, 2.05) is 18.2 Å². The van der Waals surface area contributed by atoms with Crippen LogP contribution in [-0.2, 0) is 14.6 Å². The molecule has 0 saturated carbocycles. The molecular formula is C21H22ClN3O3S2. The number of halogens is 1. The number of anilines is 1. The largest absolute Gasteiger partial charge is 0.325 e. The van der Waals surface area contributed by atoms with Gasteiger partial charge in [-0.25, -0.2) is 13.4 Å². The number of thiazole rings is 1. The van der Waals surface area contributed by atoms with E-state index in [4.69, 9.17) is 16.6 Å². The molecule has 3 aromatic rings. The number of aromatic nitrogens is 1. The number of fused-ring (bicyclic) bond motifs is 1. The minimum atomic E-state index is -3.24. The summed E-state index contributed by atoms with van der Waals surface area (Å²) in [7, 11) is -3.24. The van der Waals surface area contributed by atoms with E-state index >= 15 is 0 Å². The van der Waals surface area contributed by atoms with Crippen LogP contribution in [-0.4, -0.2) is 50.1 Å². The Morgan fingerprint density at radius 1 is 1.20 bits per heavy atom. The lowest BCUT2D eigenvalue weighted by molar-refractivity contribution is -0.117. The fourth-order valence-electron chi connectivity index (χ4n) is 3.62. The molecule has 6 nitrogen and oxygen atoms in total. The van der Waals surface area contributed by atoms with Gasteiger partial charge in [0, 0.05) is 22.9 Å². The van der Waals surface area contributed by atoms with Crippen molar-refractivity contribution in [1.82, 2.24) is 9.88 Å². The Morgan fingerprint density at radius 2 is 1.90 bits per heavy atom. The second-order valence-electron chi connectivity index (χ2n) is 7.56. The van der Waals surface area contributed by atoms with E-state index in [9.17, 15) is 13.2 Å². The van der Waals surface area contributed by atoms with Crippen LogP contribution in [0, 0.1) is 0 Å². The van der Waals surface area contributed by atoms with Crippen molar-refractivity contribution in [2.45, 2.75) is 23.7 Å². The van der Waals surface area contributed by atoms with Crippen LogP contribution in [0.1, 0.15) is 23.8 Å². The third-order valence-corrected chi connectivity index (χ3v) is 7.80. The number of carbonyl (C=O) groups is 1. The predicted octanol–water partition coefficient (Wildman–Crippen LogP) is 4.17. The molecule has 1 amide bonds. The lowest BCUT2D eigenvalue weighted by Gasteiger charge is -2.30. The Labute approximate surface area is 184 Å². The Balaban J connectivity index is 1.30. The van der Waals surface area contributed by atoms with Gasteiger partial charge in [-0.3, -0.25) is 9.69 Å². The number of rotatable bonds is 5. The first kappa shape index (κ1) is 21.2.